The number of nitriles is 1. The Morgan fingerprint density at radius 3 is 3.00 bits per heavy atom. The molecule has 14 heavy (non-hydrogen) atoms. The van der Waals surface area contributed by atoms with Crippen LogP contribution in [0, 0.1) is 21.4 Å². The van der Waals surface area contributed by atoms with Crippen molar-refractivity contribution in [1.29, 1.82) is 5.26 Å². The summed E-state index contributed by atoms with van der Waals surface area (Å²) in [6.45, 7) is 0. The van der Waals surface area contributed by atoms with Crippen molar-refractivity contribution < 1.29 is 4.92 Å². The van der Waals surface area contributed by atoms with E-state index in [1.165, 1.54) is 0 Å². The third-order valence-corrected chi connectivity index (χ3v) is 1.32. The molecular formula is C6H2N6O2. The van der Waals surface area contributed by atoms with Gasteiger partial charge in [0.1, 0.15) is 18.1 Å². The highest BCUT2D eigenvalue weighted by atomic mass is 16.6. The number of hydrogen-bond donors (Lipinski definition) is 0. The van der Waals surface area contributed by atoms with Crippen LogP contribution in [0.2, 0.25) is 0 Å². The molecule has 0 fully saturated rings. The molecule has 1 rings (SSSR count). The van der Waals surface area contributed by atoms with E-state index in [4.69, 9.17) is 10.8 Å². The Bertz CT molecular complexity index is 470. The van der Waals surface area contributed by atoms with Crippen LogP contribution >= 0.6 is 0 Å². The summed E-state index contributed by atoms with van der Waals surface area (Å²) in [4.78, 5) is 15.5. The Balaban J connectivity index is 3.33. The molecule has 0 aliphatic carbocycles. The van der Waals surface area contributed by atoms with Crippen LogP contribution in [0.5, 0.6) is 0 Å². The fourth-order valence-corrected chi connectivity index (χ4v) is 0.751. The van der Waals surface area contributed by atoms with Crippen molar-refractivity contribution >= 4 is 11.5 Å². The number of rotatable bonds is 2. The lowest BCUT2D eigenvalue weighted by Crippen LogP contribution is -1.90. The predicted octanol–water partition coefficient (Wildman–Crippen LogP) is 1.80. The van der Waals surface area contributed by atoms with E-state index in [1.807, 2.05) is 0 Å². The molecule has 8 heteroatoms. The second-order valence-electron chi connectivity index (χ2n) is 2.12. The minimum absolute atomic E-state index is 0.128. The SMILES string of the molecule is N#Cc1cc([N+](=O)[O-])cnc1N=[N+]=[N-]. The van der Waals surface area contributed by atoms with Crippen LogP contribution in [0.15, 0.2) is 17.4 Å². The van der Waals surface area contributed by atoms with E-state index in [2.05, 4.69) is 15.0 Å². The molecule has 0 atom stereocenters. The minimum atomic E-state index is -0.687. The highest BCUT2D eigenvalue weighted by molar-refractivity contribution is 5.51. The van der Waals surface area contributed by atoms with Gasteiger partial charge in [-0.3, -0.25) is 10.1 Å². The summed E-state index contributed by atoms with van der Waals surface area (Å²) in [5.74, 6) is -0.166. The first-order valence-corrected chi connectivity index (χ1v) is 3.28. The van der Waals surface area contributed by atoms with Crippen molar-refractivity contribution in [2.75, 3.05) is 0 Å². The summed E-state index contributed by atoms with van der Waals surface area (Å²) >= 11 is 0. The topological polar surface area (TPSA) is 129 Å². The molecule has 0 aromatic carbocycles. The molecule has 1 aromatic heterocycles. The fraction of sp³-hybridized carbons (Fsp3) is 0. The molecule has 1 aromatic rings. The van der Waals surface area contributed by atoms with Gasteiger partial charge in [-0.15, -0.1) is 0 Å². The average molecular weight is 190 g/mol. The van der Waals surface area contributed by atoms with Crippen LogP contribution in [0.25, 0.3) is 10.4 Å². The Morgan fingerprint density at radius 1 is 1.79 bits per heavy atom. The summed E-state index contributed by atoms with van der Waals surface area (Å²) in [7, 11) is 0. The number of pyridine rings is 1. The van der Waals surface area contributed by atoms with Crippen LogP contribution in [0.4, 0.5) is 11.5 Å². The number of nitro groups is 1. The Kier molecular flexibility index (Phi) is 2.59. The van der Waals surface area contributed by atoms with Crippen molar-refractivity contribution in [2.45, 2.75) is 0 Å². The lowest BCUT2D eigenvalue weighted by Gasteiger charge is -1.94. The number of nitrogens with zero attached hydrogens (tertiary/aromatic N) is 6. The quantitative estimate of drug-likeness (QED) is 0.231. The third-order valence-electron chi connectivity index (χ3n) is 1.32. The summed E-state index contributed by atoms with van der Waals surface area (Å²) in [5, 5.41) is 21.9. The molecular weight excluding hydrogens is 188 g/mol. The zero-order valence-electron chi connectivity index (χ0n) is 6.65. The smallest absolute Gasteiger partial charge is 0.258 e. The summed E-state index contributed by atoms with van der Waals surface area (Å²) in [6, 6.07) is 2.64. The number of hydrogen-bond acceptors (Lipinski definition) is 5. The van der Waals surface area contributed by atoms with E-state index >= 15 is 0 Å². The average Bonchev–Trinajstić information content (AvgIpc) is 2.18. The standard InChI is InChI=1S/C6H2N6O2/c7-2-4-1-5(12(13)14)3-9-6(4)10-11-8/h1,3H. The zero-order valence-corrected chi connectivity index (χ0v) is 6.65. The van der Waals surface area contributed by atoms with Gasteiger partial charge in [0, 0.05) is 11.0 Å². The third kappa shape index (κ3) is 1.74. The van der Waals surface area contributed by atoms with Crippen molar-refractivity contribution in [3.05, 3.63) is 38.4 Å². The van der Waals surface area contributed by atoms with E-state index < -0.39 is 4.92 Å². The maximum Gasteiger partial charge on any atom is 0.288 e. The molecule has 0 aliphatic rings. The van der Waals surface area contributed by atoms with Gasteiger partial charge in [0.25, 0.3) is 5.69 Å². The monoisotopic (exact) mass is 190 g/mol. The van der Waals surface area contributed by atoms with Gasteiger partial charge in [0.2, 0.25) is 0 Å². The molecule has 8 nitrogen and oxygen atoms in total. The molecule has 0 aliphatic heterocycles. The Morgan fingerprint density at radius 2 is 2.50 bits per heavy atom. The first-order chi connectivity index (χ1) is 6.69. The second-order valence-corrected chi connectivity index (χ2v) is 2.12. The molecule has 0 N–H and O–H groups in total. The van der Waals surface area contributed by atoms with E-state index in [1.54, 1.807) is 6.07 Å². The number of azide groups is 1. The van der Waals surface area contributed by atoms with Crippen molar-refractivity contribution in [3.8, 4) is 6.07 Å². The second kappa shape index (κ2) is 3.84. The molecule has 1 heterocycles. The zero-order chi connectivity index (χ0) is 10.6. The van der Waals surface area contributed by atoms with Gasteiger partial charge in [0.15, 0.2) is 0 Å². The van der Waals surface area contributed by atoms with E-state index in [0.717, 1.165) is 12.3 Å². The van der Waals surface area contributed by atoms with Crippen LogP contribution < -0.4 is 0 Å². The first-order valence-electron chi connectivity index (χ1n) is 3.28. The lowest BCUT2D eigenvalue weighted by molar-refractivity contribution is -0.385. The van der Waals surface area contributed by atoms with Gasteiger partial charge in [0.05, 0.1) is 10.5 Å². The maximum absolute atomic E-state index is 10.3. The highest BCUT2D eigenvalue weighted by Gasteiger charge is 2.10. The molecule has 68 valence electrons. The van der Waals surface area contributed by atoms with Crippen molar-refractivity contribution in [1.82, 2.24) is 4.98 Å². The first kappa shape index (κ1) is 9.44. The van der Waals surface area contributed by atoms with Gasteiger partial charge >= 0.3 is 0 Å². The number of aromatic nitrogens is 1. The summed E-state index contributed by atoms with van der Waals surface area (Å²) < 4.78 is 0. The molecule has 0 saturated heterocycles. The van der Waals surface area contributed by atoms with Crippen molar-refractivity contribution in [3.63, 3.8) is 0 Å². The fourth-order valence-electron chi connectivity index (χ4n) is 0.751. The maximum atomic E-state index is 10.3. The largest absolute Gasteiger partial charge is 0.288 e. The molecule has 0 unspecified atom stereocenters. The molecule has 0 saturated carbocycles. The minimum Gasteiger partial charge on any atom is -0.258 e. The van der Waals surface area contributed by atoms with Gasteiger partial charge < -0.3 is 0 Å². The molecule has 0 spiro atoms. The molecule has 0 amide bonds. The molecule has 0 bridgehead atoms. The van der Waals surface area contributed by atoms with Crippen molar-refractivity contribution in [2.24, 2.45) is 5.11 Å². The van der Waals surface area contributed by atoms with Crippen LogP contribution in [-0.4, -0.2) is 9.91 Å². The Hall–Kier alpha value is -2.65. The van der Waals surface area contributed by atoms with Gasteiger partial charge in [-0.1, -0.05) is 0 Å². The Labute approximate surface area is 77.2 Å². The van der Waals surface area contributed by atoms with Gasteiger partial charge in [-0.2, -0.15) is 5.26 Å². The molecule has 0 radical (unpaired) electrons. The van der Waals surface area contributed by atoms with Crippen LogP contribution in [0.1, 0.15) is 5.56 Å². The highest BCUT2D eigenvalue weighted by Crippen LogP contribution is 2.20. The summed E-state index contributed by atoms with van der Waals surface area (Å²) in [5.41, 5.74) is 7.64. The predicted molar refractivity (Wildman–Crippen MR) is 44.4 cm³/mol. The van der Waals surface area contributed by atoms with E-state index in [9.17, 15) is 10.1 Å². The van der Waals surface area contributed by atoms with Crippen LogP contribution in [-0.2, 0) is 0 Å². The lowest BCUT2D eigenvalue weighted by atomic mass is 10.2. The van der Waals surface area contributed by atoms with Crippen LogP contribution in [0.3, 0.4) is 0 Å². The summed E-state index contributed by atoms with van der Waals surface area (Å²) in [6.07, 6.45) is 0.921. The van der Waals surface area contributed by atoms with E-state index in [-0.39, 0.29) is 17.1 Å². The van der Waals surface area contributed by atoms with E-state index in [0.29, 0.717) is 0 Å². The van der Waals surface area contributed by atoms with Gasteiger partial charge in [-0.25, -0.2) is 4.98 Å². The van der Waals surface area contributed by atoms with Gasteiger partial charge in [-0.05, 0) is 10.6 Å². The normalized spacial score (nSPS) is 8.50.